The third kappa shape index (κ3) is 1.43. The quantitative estimate of drug-likeness (QED) is 0.502. The molecule has 1 fully saturated rings. The first-order chi connectivity index (χ1) is 3.29. The van der Waals surface area contributed by atoms with Crippen LogP contribution in [-0.4, -0.2) is 17.2 Å². The summed E-state index contributed by atoms with van der Waals surface area (Å²) < 4.78 is 0. The zero-order valence-corrected chi connectivity index (χ0v) is 3.85. The van der Waals surface area contributed by atoms with Crippen LogP contribution in [0.2, 0.25) is 0 Å². The van der Waals surface area contributed by atoms with Gasteiger partial charge in [0.1, 0.15) is 0 Å². The summed E-state index contributed by atoms with van der Waals surface area (Å²) >= 11 is 0. The first kappa shape index (κ1) is 4.43. The van der Waals surface area contributed by atoms with Crippen LogP contribution in [0, 0.1) is 0 Å². The van der Waals surface area contributed by atoms with Crippen molar-refractivity contribution < 1.29 is 9.90 Å². The van der Waals surface area contributed by atoms with E-state index in [2.05, 4.69) is 5.32 Å². The molecule has 0 spiro atoms. The van der Waals surface area contributed by atoms with E-state index in [-0.39, 0.29) is 6.04 Å². The van der Waals surface area contributed by atoms with Gasteiger partial charge in [0.05, 0.1) is 0 Å². The molecule has 0 aromatic carbocycles. The molecule has 3 nitrogen and oxygen atoms in total. The average molecular weight is 101 g/mol. The minimum atomic E-state index is -0.900. The minimum absolute atomic E-state index is 0.275. The molecule has 1 amide bonds. The Morgan fingerprint density at radius 1 is 1.71 bits per heavy atom. The van der Waals surface area contributed by atoms with Crippen molar-refractivity contribution in [1.82, 2.24) is 5.32 Å². The molecule has 1 saturated carbocycles. The molecule has 0 saturated heterocycles. The number of carbonyl (C=O) groups is 1. The van der Waals surface area contributed by atoms with Crippen molar-refractivity contribution in [1.29, 1.82) is 0 Å². The molecule has 7 heavy (non-hydrogen) atoms. The normalized spacial score (nSPS) is 18.9. The number of amides is 1. The van der Waals surface area contributed by atoms with Crippen LogP contribution in [0.4, 0.5) is 4.79 Å². The lowest BCUT2D eigenvalue weighted by molar-refractivity contribution is 0.194. The van der Waals surface area contributed by atoms with Crippen LogP contribution in [0.15, 0.2) is 0 Å². The molecule has 0 aliphatic heterocycles. The maximum Gasteiger partial charge on any atom is 0.404 e. The molecular weight excluding hydrogens is 94.0 g/mol. The topological polar surface area (TPSA) is 49.3 Å². The smallest absolute Gasteiger partial charge is 0.404 e. The number of carboxylic acid groups (broad SMARTS) is 1. The molecule has 0 heterocycles. The molecule has 0 radical (unpaired) electrons. The van der Waals surface area contributed by atoms with Crippen molar-refractivity contribution in [2.75, 3.05) is 0 Å². The van der Waals surface area contributed by atoms with Gasteiger partial charge in [-0.1, -0.05) is 0 Å². The van der Waals surface area contributed by atoms with E-state index in [1.165, 1.54) is 0 Å². The molecule has 0 aromatic heterocycles. The van der Waals surface area contributed by atoms with Crippen molar-refractivity contribution in [2.24, 2.45) is 0 Å². The Bertz CT molecular complexity index is 87.7. The van der Waals surface area contributed by atoms with E-state index in [1.807, 2.05) is 0 Å². The number of rotatable bonds is 1. The highest BCUT2D eigenvalue weighted by Crippen LogP contribution is 2.17. The lowest BCUT2D eigenvalue weighted by Crippen LogP contribution is -2.22. The monoisotopic (exact) mass is 101 g/mol. The van der Waals surface area contributed by atoms with Gasteiger partial charge in [-0.05, 0) is 12.8 Å². The second-order valence-corrected chi connectivity index (χ2v) is 1.72. The van der Waals surface area contributed by atoms with E-state index in [1.54, 1.807) is 0 Å². The van der Waals surface area contributed by atoms with E-state index in [4.69, 9.17) is 5.11 Å². The molecule has 0 unspecified atom stereocenters. The fourth-order valence-electron chi connectivity index (χ4n) is 0.402. The first-order valence-corrected chi connectivity index (χ1v) is 2.28. The van der Waals surface area contributed by atoms with Gasteiger partial charge in [-0.2, -0.15) is 0 Å². The predicted octanol–water partition coefficient (Wildman–Crippen LogP) is 0.416. The van der Waals surface area contributed by atoms with Crippen molar-refractivity contribution in [2.45, 2.75) is 18.9 Å². The molecule has 1 aliphatic rings. The van der Waals surface area contributed by atoms with E-state index >= 15 is 0 Å². The van der Waals surface area contributed by atoms with Crippen LogP contribution < -0.4 is 5.32 Å². The molecule has 40 valence electrons. The van der Waals surface area contributed by atoms with Crippen molar-refractivity contribution >= 4 is 6.09 Å². The molecule has 3 heteroatoms. The number of hydrogen-bond acceptors (Lipinski definition) is 1. The summed E-state index contributed by atoms with van der Waals surface area (Å²) in [6.45, 7) is 0. The van der Waals surface area contributed by atoms with Crippen LogP contribution >= 0.6 is 0 Å². The molecule has 0 bridgehead atoms. The van der Waals surface area contributed by atoms with Crippen molar-refractivity contribution in [3.05, 3.63) is 0 Å². The zero-order chi connectivity index (χ0) is 5.28. The summed E-state index contributed by atoms with van der Waals surface area (Å²) in [5, 5.41) is 10.3. The molecule has 1 aliphatic carbocycles. The van der Waals surface area contributed by atoms with E-state index < -0.39 is 6.09 Å². The van der Waals surface area contributed by atoms with Gasteiger partial charge in [0.25, 0.3) is 0 Å². The number of nitrogens with one attached hydrogen (secondary N) is 1. The molecular formula is C4H7NO2. The van der Waals surface area contributed by atoms with Crippen LogP contribution in [0.25, 0.3) is 0 Å². The summed E-state index contributed by atoms with van der Waals surface area (Å²) in [4.78, 5) is 9.74. The molecule has 1 rings (SSSR count). The van der Waals surface area contributed by atoms with Crippen LogP contribution in [0.3, 0.4) is 0 Å². The zero-order valence-electron chi connectivity index (χ0n) is 3.85. The second kappa shape index (κ2) is 1.40. The fourth-order valence-corrected chi connectivity index (χ4v) is 0.402. The van der Waals surface area contributed by atoms with Gasteiger partial charge in [-0.15, -0.1) is 0 Å². The van der Waals surface area contributed by atoms with Crippen molar-refractivity contribution in [3.8, 4) is 0 Å². The summed E-state index contributed by atoms with van der Waals surface area (Å²) in [5.74, 6) is 0. The second-order valence-electron chi connectivity index (χ2n) is 1.72. The molecule has 2 N–H and O–H groups in total. The maximum atomic E-state index is 9.74. The van der Waals surface area contributed by atoms with Gasteiger partial charge in [-0.25, -0.2) is 4.79 Å². The number of hydrogen-bond donors (Lipinski definition) is 2. The Labute approximate surface area is 41.3 Å². The van der Waals surface area contributed by atoms with E-state index in [0.717, 1.165) is 12.8 Å². The lowest BCUT2D eigenvalue weighted by atomic mass is 10.7. The predicted molar refractivity (Wildman–Crippen MR) is 24.2 cm³/mol. The van der Waals surface area contributed by atoms with Crippen LogP contribution in [-0.2, 0) is 0 Å². The minimum Gasteiger partial charge on any atom is -0.465 e. The highest BCUT2D eigenvalue weighted by Gasteiger charge is 2.22. The largest absolute Gasteiger partial charge is 0.465 e. The Morgan fingerprint density at radius 3 is 2.43 bits per heavy atom. The van der Waals surface area contributed by atoms with Gasteiger partial charge in [0, 0.05) is 6.04 Å². The molecule has 0 atom stereocenters. The third-order valence-corrected chi connectivity index (χ3v) is 0.905. The summed E-state index contributed by atoms with van der Waals surface area (Å²) in [6, 6.07) is 0.275. The summed E-state index contributed by atoms with van der Waals surface area (Å²) in [6.07, 6.45) is 1.14. The van der Waals surface area contributed by atoms with Gasteiger partial charge in [0.2, 0.25) is 0 Å². The Hall–Kier alpha value is -0.730. The van der Waals surface area contributed by atoms with E-state index in [9.17, 15) is 4.79 Å². The third-order valence-electron chi connectivity index (χ3n) is 0.905. The Kier molecular flexibility index (Phi) is 0.889. The summed E-state index contributed by atoms with van der Waals surface area (Å²) in [5.41, 5.74) is 0. The highest BCUT2D eigenvalue weighted by atomic mass is 16.4. The van der Waals surface area contributed by atoms with Crippen LogP contribution in [0.5, 0.6) is 0 Å². The van der Waals surface area contributed by atoms with Gasteiger partial charge >= 0.3 is 6.09 Å². The first-order valence-electron chi connectivity index (χ1n) is 2.28. The average Bonchev–Trinajstić information content (AvgIpc) is 2.17. The Balaban J connectivity index is 2.08. The Morgan fingerprint density at radius 2 is 2.29 bits per heavy atom. The van der Waals surface area contributed by atoms with E-state index in [0.29, 0.717) is 0 Å². The van der Waals surface area contributed by atoms with Gasteiger partial charge in [0.15, 0.2) is 0 Å². The summed E-state index contributed by atoms with van der Waals surface area (Å²) in [7, 11) is 0. The highest BCUT2D eigenvalue weighted by molar-refractivity contribution is 5.65. The standard InChI is InChI=1S/C4H7NO2/c6-4(7)5-3-1-2-3/h3,5H,1-2H2,(H,6,7). The maximum absolute atomic E-state index is 9.74. The SMILES string of the molecule is O=C(O)NC1CC1. The van der Waals surface area contributed by atoms with Gasteiger partial charge in [-0.3, -0.25) is 0 Å². The van der Waals surface area contributed by atoms with Gasteiger partial charge < -0.3 is 10.4 Å². The van der Waals surface area contributed by atoms with Crippen LogP contribution in [0.1, 0.15) is 12.8 Å². The fraction of sp³-hybridized carbons (Fsp3) is 0.750. The molecule has 0 aromatic rings. The lowest BCUT2D eigenvalue weighted by Gasteiger charge is -1.90. The van der Waals surface area contributed by atoms with Crippen molar-refractivity contribution in [3.63, 3.8) is 0 Å².